The van der Waals surface area contributed by atoms with Crippen LogP contribution in [-0.4, -0.2) is 25.0 Å². The van der Waals surface area contributed by atoms with Gasteiger partial charge in [-0.3, -0.25) is 4.79 Å². The Morgan fingerprint density at radius 2 is 2.17 bits per heavy atom. The van der Waals surface area contributed by atoms with E-state index in [1.807, 2.05) is 32.0 Å². The molecule has 2 N–H and O–H groups in total. The van der Waals surface area contributed by atoms with Crippen molar-refractivity contribution in [3.8, 4) is 0 Å². The number of benzene rings is 1. The van der Waals surface area contributed by atoms with Gasteiger partial charge in [-0.25, -0.2) is 0 Å². The molecular weight excluding hydrogens is 224 g/mol. The SMILES string of the molecule is Cc1ccc(C)c(C(=O)NC2CCCCNC2)c1. The summed E-state index contributed by atoms with van der Waals surface area (Å²) in [6, 6.07) is 6.28. The van der Waals surface area contributed by atoms with Crippen LogP contribution in [0.4, 0.5) is 0 Å². The fourth-order valence-electron chi connectivity index (χ4n) is 2.39. The van der Waals surface area contributed by atoms with Crippen molar-refractivity contribution in [1.29, 1.82) is 0 Å². The van der Waals surface area contributed by atoms with E-state index in [0.717, 1.165) is 36.2 Å². The van der Waals surface area contributed by atoms with Crippen LogP contribution in [0, 0.1) is 13.8 Å². The van der Waals surface area contributed by atoms with Gasteiger partial charge in [-0.05, 0) is 44.9 Å². The van der Waals surface area contributed by atoms with Crippen molar-refractivity contribution >= 4 is 5.91 Å². The summed E-state index contributed by atoms with van der Waals surface area (Å²) in [7, 11) is 0. The molecule has 0 spiro atoms. The molecule has 1 saturated heterocycles. The van der Waals surface area contributed by atoms with Gasteiger partial charge in [0.1, 0.15) is 0 Å². The fourth-order valence-corrected chi connectivity index (χ4v) is 2.39. The van der Waals surface area contributed by atoms with Gasteiger partial charge in [0.15, 0.2) is 0 Å². The third kappa shape index (κ3) is 3.33. The molecule has 3 nitrogen and oxygen atoms in total. The molecule has 1 aromatic rings. The second-order valence-corrected chi connectivity index (χ2v) is 5.19. The zero-order chi connectivity index (χ0) is 13.0. The first kappa shape index (κ1) is 13.1. The Labute approximate surface area is 109 Å². The summed E-state index contributed by atoms with van der Waals surface area (Å²) in [5.74, 6) is 0.0601. The molecular formula is C15H22N2O. The van der Waals surface area contributed by atoms with Crippen LogP contribution in [0.2, 0.25) is 0 Å². The highest BCUT2D eigenvalue weighted by molar-refractivity contribution is 5.96. The minimum atomic E-state index is 0.0601. The van der Waals surface area contributed by atoms with Crippen LogP contribution >= 0.6 is 0 Å². The van der Waals surface area contributed by atoms with Gasteiger partial charge in [0.25, 0.3) is 5.91 Å². The maximum Gasteiger partial charge on any atom is 0.251 e. The first-order chi connectivity index (χ1) is 8.66. The maximum atomic E-state index is 12.3. The van der Waals surface area contributed by atoms with Crippen LogP contribution < -0.4 is 10.6 Å². The highest BCUT2D eigenvalue weighted by Gasteiger charge is 2.16. The topological polar surface area (TPSA) is 41.1 Å². The van der Waals surface area contributed by atoms with Crippen LogP contribution in [-0.2, 0) is 0 Å². The van der Waals surface area contributed by atoms with Crippen molar-refractivity contribution < 1.29 is 4.79 Å². The largest absolute Gasteiger partial charge is 0.348 e. The number of carbonyl (C=O) groups is 1. The van der Waals surface area contributed by atoms with Gasteiger partial charge in [0.05, 0.1) is 0 Å². The number of aryl methyl sites for hydroxylation is 2. The number of amides is 1. The number of carbonyl (C=O) groups excluding carboxylic acids is 1. The zero-order valence-electron chi connectivity index (χ0n) is 11.3. The highest BCUT2D eigenvalue weighted by atomic mass is 16.1. The predicted octanol–water partition coefficient (Wildman–Crippen LogP) is 2.18. The minimum absolute atomic E-state index is 0.0601. The Morgan fingerprint density at radius 3 is 3.00 bits per heavy atom. The molecule has 0 bridgehead atoms. The third-order valence-electron chi connectivity index (χ3n) is 3.52. The van der Waals surface area contributed by atoms with Crippen molar-refractivity contribution in [2.45, 2.75) is 39.2 Å². The van der Waals surface area contributed by atoms with Crippen molar-refractivity contribution in [1.82, 2.24) is 10.6 Å². The van der Waals surface area contributed by atoms with E-state index >= 15 is 0 Å². The molecule has 98 valence electrons. The Morgan fingerprint density at radius 1 is 1.33 bits per heavy atom. The minimum Gasteiger partial charge on any atom is -0.348 e. The summed E-state index contributed by atoms with van der Waals surface area (Å²) in [5, 5.41) is 6.51. The number of hydrogen-bond acceptors (Lipinski definition) is 2. The van der Waals surface area contributed by atoms with Crippen LogP contribution in [0.25, 0.3) is 0 Å². The summed E-state index contributed by atoms with van der Waals surface area (Å²) < 4.78 is 0. The average molecular weight is 246 g/mol. The lowest BCUT2D eigenvalue weighted by atomic mass is 10.0. The summed E-state index contributed by atoms with van der Waals surface area (Å²) in [5.41, 5.74) is 2.98. The molecule has 0 aromatic heterocycles. The summed E-state index contributed by atoms with van der Waals surface area (Å²) in [4.78, 5) is 12.3. The van der Waals surface area contributed by atoms with E-state index in [4.69, 9.17) is 0 Å². The van der Waals surface area contributed by atoms with Crippen LogP contribution in [0.15, 0.2) is 18.2 Å². The number of rotatable bonds is 2. The Balaban J connectivity index is 2.04. The van der Waals surface area contributed by atoms with Crippen LogP contribution in [0.1, 0.15) is 40.7 Å². The molecule has 1 heterocycles. The van der Waals surface area contributed by atoms with Crippen LogP contribution in [0.3, 0.4) is 0 Å². The molecule has 1 aromatic carbocycles. The lowest BCUT2D eigenvalue weighted by molar-refractivity contribution is 0.0935. The quantitative estimate of drug-likeness (QED) is 0.839. The smallest absolute Gasteiger partial charge is 0.251 e. The normalized spacial score (nSPS) is 20.2. The van der Waals surface area contributed by atoms with E-state index in [-0.39, 0.29) is 11.9 Å². The molecule has 18 heavy (non-hydrogen) atoms. The molecule has 1 aliphatic heterocycles. The predicted molar refractivity (Wildman–Crippen MR) is 73.9 cm³/mol. The second-order valence-electron chi connectivity index (χ2n) is 5.19. The van der Waals surface area contributed by atoms with E-state index in [0.29, 0.717) is 0 Å². The molecule has 1 fully saturated rings. The molecule has 0 saturated carbocycles. The van der Waals surface area contributed by atoms with Gasteiger partial charge < -0.3 is 10.6 Å². The lowest BCUT2D eigenvalue weighted by Crippen LogP contribution is -2.41. The van der Waals surface area contributed by atoms with Crippen molar-refractivity contribution in [3.63, 3.8) is 0 Å². The molecule has 1 amide bonds. The molecule has 0 radical (unpaired) electrons. The standard InChI is InChI=1S/C15H22N2O/c1-11-6-7-12(2)14(9-11)15(18)17-13-5-3-4-8-16-10-13/h6-7,9,13,16H,3-5,8,10H2,1-2H3,(H,17,18). The van der Waals surface area contributed by atoms with Gasteiger partial charge in [-0.1, -0.05) is 24.1 Å². The van der Waals surface area contributed by atoms with E-state index in [1.54, 1.807) is 0 Å². The third-order valence-corrected chi connectivity index (χ3v) is 3.52. The second kappa shape index (κ2) is 6.01. The monoisotopic (exact) mass is 246 g/mol. The van der Waals surface area contributed by atoms with Gasteiger partial charge in [0.2, 0.25) is 0 Å². The van der Waals surface area contributed by atoms with Gasteiger partial charge in [-0.15, -0.1) is 0 Å². The average Bonchev–Trinajstić information content (AvgIpc) is 2.61. The highest BCUT2D eigenvalue weighted by Crippen LogP contribution is 2.12. The Bertz CT molecular complexity index is 421. The zero-order valence-corrected chi connectivity index (χ0v) is 11.3. The van der Waals surface area contributed by atoms with Gasteiger partial charge in [-0.2, -0.15) is 0 Å². The maximum absolute atomic E-state index is 12.3. The van der Waals surface area contributed by atoms with Crippen molar-refractivity contribution in [2.75, 3.05) is 13.1 Å². The van der Waals surface area contributed by atoms with E-state index < -0.39 is 0 Å². The molecule has 2 rings (SSSR count). The number of hydrogen-bond donors (Lipinski definition) is 2. The Hall–Kier alpha value is -1.35. The lowest BCUT2D eigenvalue weighted by Gasteiger charge is -2.17. The van der Waals surface area contributed by atoms with Crippen molar-refractivity contribution in [3.05, 3.63) is 34.9 Å². The van der Waals surface area contributed by atoms with Crippen molar-refractivity contribution in [2.24, 2.45) is 0 Å². The first-order valence-corrected chi connectivity index (χ1v) is 6.75. The van der Waals surface area contributed by atoms with E-state index in [2.05, 4.69) is 10.6 Å². The molecule has 3 heteroatoms. The van der Waals surface area contributed by atoms with E-state index in [9.17, 15) is 4.79 Å². The first-order valence-electron chi connectivity index (χ1n) is 6.75. The molecule has 1 atom stereocenters. The molecule has 1 unspecified atom stereocenters. The summed E-state index contributed by atoms with van der Waals surface area (Å²) >= 11 is 0. The van der Waals surface area contributed by atoms with Gasteiger partial charge in [0, 0.05) is 18.2 Å². The summed E-state index contributed by atoms with van der Waals surface area (Å²) in [6.07, 6.45) is 3.46. The fraction of sp³-hybridized carbons (Fsp3) is 0.533. The van der Waals surface area contributed by atoms with Gasteiger partial charge >= 0.3 is 0 Å². The molecule has 1 aliphatic rings. The van der Waals surface area contributed by atoms with E-state index in [1.165, 1.54) is 12.8 Å². The summed E-state index contributed by atoms with van der Waals surface area (Å²) in [6.45, 7) is 5.95. The Kier molecular flexibility index (Phi) is 4.37. The molecule has 0 aliphatic carbocycles. The number of nitrogens with one attached hydrogen (secondary N) is 2. The van der Waals surface area contributed by atoms with Crippen LogP contribution in [0.5, 0.6) is 0 Å².